The van der Waals surface area contributed by atoms with Gasteiger partial charge in [-0.05, 0) is 50.1 Å². The fourth-order valence-electron chi connectivity index (χ4n) is 3.14. The Morgan fingerprint density at radius 3 is 2.35 bits per heavy atom. The van der Waals surface area contributed by atoms with Gasteiger partial charge in [-0.1, -0.05) is 6.92 Å². The van der Waals surface area contributed by atoms with E-state index in [0.717, 1.165) is 0 Å². The SMILES string of the molecule is CCc1[nH]c(C(=O)Nc2ccc(NC(=O)C(C)n3cncn3)cc2)c(C)c1C(=O)OC. The summed E-state index contributed by atoms with van der Waals surface area (Å²) in [5.74, 6) is -1.10. The number of methoxy groups -OCH3 is 1. The Labute approximate surface area is 179 Å². The van der Waals surface area contributed by atoms with E-state index in [4.69, 9.17) is 4.74 Å². The van der Waals surface area contributed by atoms with Gasteiger partial charge in [-0.3, -0.25) is 9.59 Å². The van der Waals surface area contributed by atoms with Crippen molar-refractivity contribution in [3.63, 3.8) is 0 Å². The number of hydrogen-bond acceptors (Lipinski definition) is 6. The second kappa shape index (κ2) is 9.24. The highest BCUT2D eigenvalue weighted by atomic mass is 16.5. The van der Waals surface area contributed by atoms with E-state index >= 15 is 0 Å². The van der Waals surface area contributed by atoms with E-state index in [1.54, 1.807) is 38.1 Å². The number of carbonyl (C=O) groups is 3. The number of hydrogen-bond donors (Lipinski definition) is 3. The van der Waals surface area contributed by atoms with Crippen LogP contribution in [-0.4, -0.2) is 44.6 Å². The molecule has 3 rings (SSSR count). The van der Waals surface area contributed by atoms with E-state index < -0.39 is 12.0 Å². The topological polar surface area (TPSA) is 131 Å². The summed E-state index contributed by atoms with van der Waals surface area (Å²) in [5.41, 5.74) is 2.98. The third-order valence-electron chi connectivity index (χ3n) is 4.92. The molecule has 10 nitrogen and oxygen atoms in total. The van der Waals surface area contributed by atoms with Gasteiger partial charge in [0.25, 0.3) is 5.91 Å². The molecule has 2 heterocycles. The molecule has 3 N–H and O–H groups in total. The highest BCUT2D eigenvalue weighted by Gasteiger charge is 2.23. The molecule has 0 spiro atoms. The molecular weight excluding hydrogens is 400 g/mol. The Balaban J connectivity index is 1.69. The van der Waals surface area contributed by atoms with E-state index in [2.05, 4.69) is 25.7 Å². The fourth-order valence-corrected chi connectivity index (χ4v) is 3.14. The first-order valence-corrected chi connectivity index (χ1v) is 9.71. The van der Waals surface area contributed by atoms with Gasteiger partial charge in [0, 0.05) is 17.1 Å². The predicted molar refractivity (Wildman–Crippen MR) is 114 cm³/mol. The normalized spacial score (nSPS) is 11.6. The monoisotopic (exact) mass is 424 g/mol. The first-order valence-electron chi connectivity index (χ1n) is 9.71. The number of aromatic nitrogens is 4. The lowest BCUT2D eigenvalue weighted by atomic mass is 10.1. The minimum Gasteiger partial charge on any atom is -0.465 e. The van der Waals surface area contributed by atoms with Crippen LogP contribution >= 0.6 is 0 Å². The van der Waals surface area contributed by atoms with Crippen molar-refractivity contribution in [2.75, 3.05) is 17.7 Å². The van der Waals surface area contributed by atoms with Crippen LogP contribution < -0.4 is 10.6 Å². The van der Waals surface area contributed by atoms with Gasteiger partial charge in [0.1, 0.15) is 24.4 Å². The van der Waals surface area contributed by atoms with Gasteiger partial charge < -0.3 is 20.4 Å². The zero-order valence-corrected chi connectivity index (χ0v) is 17.7. The maximum absolute atomic E-state index is 12.7. The Hall–Kier alpha value is -3.95. The molecule has 1 atom stereocenters. The highest BCUT2D eigenvalue weighted by molar-refractivity contribution is 6.07. The van der Waals surface area contributed by atoms with Crippen LogP contribution in [0.5, 0.6) is 0 Å². The minimum absolute atomic E-state index is 0.244. The maximum Gasteiger partial charge on any atom is 0.339 e. The molecule has 3 aromatic rings. The first kappa shape index (κ1) is 21.8. The molecule has 0 bridgehead atoms. The molecule has 0 radical (unpaired) electrons. The lowest BCUT2D eigenvalue weighted by Gasteiger charge is -2.12. The zero-order chi connectivity index (χ0) is 22.5. The van der Waals surface area contributed by atoms with E-state index in [0.29, 0.717) is 40.3 Å². The number of benzene rings is 1. The summed E-state index contributed by atoms with van der Waals surface area (Å²) < 4.78 is 6.28. The standard InChI is InChI=1S/C21H24N6O4/c1-5-16-17(21(30)31-4)12(2)18(26-16)20(29)25-15-8-6-14(7-9-15)24-19(28)13(3)27-11-22-10-23-27/h6-11,13,26H,5H2,1-4H3,(H,24,28)(H,25,29). The first-order chi connectivity index (χ1) is 14.8. The summed E-state index contributed by atoms with van der Waals surface area (Å²) in [6.45, 7) is 5.30. The number of nitrogens with zero attached hydrogens (tertiary/aromatic N) is 3. The Morgan fingerprint density at radius 2 is 1.81 bits per heavy atom. The molecule has 1 unspecified atom stereocenters. The molecule has 0 aliphatic heterocycles. The van der Waals surface area contributed by atoms with Crippen LogP contribution in [0.4, 0.5) is 11.4 Å². The predicted octanol–water partition coefficient (Wildman–Crippen LogP) is 2.72. The average Bonchev–Trinajstić information content (AvgIpc) is 3.42. The molecule has 31 heavy (non-hydrogen) atoms. The van der Waals surface area contributed by atoms with Crippen LogP contribution in [0.1, 0.15) is 52.0 Å². The minimum atomic E-state index is -0.519. The molecule has 0 aliphatic carbocycles. The van der Waals surface area contributed by atoms with E-state index in [1.807, 2.05) is 6.92 Å². The number of amides is 2. The zero-order valence-electron chi connectivity index (χ0n) is 17.7. The Kier molecular flexibility index (Phi) is 6.49. The van der Waals surface area contributed by atoms with Crippen molar-refractivity contribution in [2.45, 2.75) is 33.2 Å². The van der Waals surface area contributed by atoms with Crippen molar-refractivity contribution in [3.05, 3.63) is 59.4 Å². The van der Waals surface area contributed by atoms with E-state index in [9.17, 15) is 14.4 Å². The fraction of sp³-hybridized carbons (Fsp3) is 0.286. The highest BCUT2D eigenvalue weighted by Crippen LogP contribution is 2.22. The number of nitrogens with one attached hydrogen (secondary N) is 3. The molecule has 10 heteroatoms. The van der Waals surface area contributed by atoms with Gasteiger partial charge in [-0.25, -0.2) is 14.5 Å². The lowest BCUT2D eigenvalue weighted by Crippen LogP contribution is -2.24. The average molecular weight is 424 g/mol. The largest absolute Gasteiger partial charge is 0.465 e. The molecular formula is C21H24N6O4. The van der Waals surface area contributed by atoms with Gasteiger partial charge in [0.2, 0.25) is 5.91 Å². The van der Waals surface area contributed by atoms with Crippen molar-refractivity contribution in [3.8, 4) is 0 Å². The van der Waals surface area contributed by atoms with Crippen molar-refractivity contribution in [1.29, 1.82) is 0 Å². The number of H-pyrrole nitrogens is 1. The van der Waals surface area contributed by atoms with Gasteiger partial charge in [0.15, 0.2) is 0 Å². The third kappa shape index (κ3) is 4.63. The molecule has 0 fully saturated rings. The maximum atomic E-state index is 12.7. The summed E-state index contributed by atoms with van der Waals surface area (Å²) >= 11 is 0. The van der Waals surface area contributed by atoms with Crippen LogP contribution in [0.2, 0.25) is 0 Å². The van der Waals surface area contributed by atoms with Gasteiger partial charge in [-0.2, -0.15) is 5.10 Å². The number of ether oxygens (including phenoxy) is 1. The number of aryl methyl sites for hydroxylation is 1. The summed E-state index contributed by atoms with van der Waals surface area (Å²) in [4.78, 5) is 43.9. The Morgan fingerprint density at radius 1 is 1.16 bits per heavy atom. The third-order valence-corrected chi connectivity index (χ3v) is 4.92. The number of rotatable bonds is 7. The van der Waals surface area contributed by atoms with Crippen molar-refractivity contribution in [2.24, 2.45) is 0 Å². The van der Waals surface area contributed by atoms with Crippen LogP contribution in [0.25, 0.3) is 0 Å². The molecule has 0 saturated carbocycles. The number of esters is 1. The second-order valence-corrected chi connectivity index (χ2v) is 6.90. The summed E-state index contributed by atoms with van der Waals surface area (Å²) in [6, 6.07) is 6.19. The van der Waals surface area contributed by atoms with Crippen LogP contribution in [0.3, 0.4) is 0 Å². The second-order valence-electron chi connectivity index (χ2n) is 6.90. The number of aromatic amines is 1. The van der Waals surface area contributed by atoms with E-state index in [1.165, 1.54) is 24.4 Å². The molecule has 2 aromatic heterocycles. The van der Waals surface area contributed by atoms with Crippen molar-refractivity contribution in [1.82, 2.24) is 19.7 Å². The molecule has 0 aliphatic rings. The summed E-state index contributed by atoms with van der Waals surface area (Å²) in [5, 5.41) is 9.54. The van der Waals surface area contributed by atoms with Crippen molar-refractivity contribution < 1.29 is 19.1 Å². The Bertz CT molecular complexity index is 1090. The lowest BCUT2D eigenvalue weighted by molar-refractivity contribution is -0.119. The van der Waals surface area contributed by atoms with Crippen LogP contribution in [0, 0.1) is 6.92 Å². The van der Waals surface area contributed by atoms with Crippen LogP contribution in [-0.2, 0) is 16.0 Å². The quantitative estimate of drug-likeness (QED) is 0.500. The van der Waals surface area contributed by atoms with Gasteiger partial charge in [-0.15, -0.1) is 0 Å². The molecule has 1 aromatic carbocycles. The summed E-state index contributed by atoms with van der Waals surface area (Å²) in [7, 11) is 1.31. The number of carbonyl (C=O) groups excluding carboxylic acids is 3. The van der Waals surface area contributed by atoms with Crippen molar-refractivity contribution >= 4 is 29.2 Å². The summed E-state index contributed by atoms with van der Waals surface area (Å²) in [6.07, 6.45) is 3.39. The van der Waals surface area contributed by atoms with Crippen LogP contribution in [0.15, 0.2) is 36.9 Å². The van der Waals surface area contributed by atoms with Gasteiger partial charge in [0.05, 0.1) is 12.7 Å². The smallest absolute Gasteiger partial charge is 0.339 e. The number of anilines is 2. The molecule has 162 valence electrons. The molecule has 2 amide bonds. The molecule has 0 saturated heterocycles. The van der Waals surface area contributed by atoms with E-state index in [-0.39, 0.29) is 11.8 Å². The van der Waals surface area contributed by atoms with Gasteiger partial charge >= 0.3 is 5.97 Å².